The molecule has 0 aliphatic heterocycles. The second-order valence-electron chi connectivity index (χ2n) is 5.26. The monoisotopic (exact) mass is 265 g/mol. The van der Waals surface area contributed by atoms with Crippen LogP contribution < -0.4 is 0 Å². The topological polar surface area (TPSA) is 68.5 Å². The van der Waals surface area contributed by atoms with E-state index in [1.807, 2.05) is 6.92 Å². The van der Waals surface area contributed by atoms with Gasteiger partial charge in [0.1, 0.15) is 0 Å². The van der Waals surface area contributed by atoms with Crippen molar-refractivity contribution in [2.75, 3.05) is 13.2 Å². The van der Waals surface area contributed by atoms with Crippen LogP contribution in [-0.2, 0) is 16.1 Å². The molecule has 0 spiro atoms. The lowest BCUT2D eigenvalue weighted by atomic mass is 10.4. The third kappa shape index (κ3) is 3.32. The quantitative estimate of drug-likeness (QED) is 0.695. The molecule has 2 saturated carbocycles. The normalized spacial score (nSPS) is 18.8. The van der Waals surface area contributed by atoms with Crippen LogP contribution >= 0.6 is 0 Å². The zero-order valence-electron chi connectivity index (χ0n) is 11.2. The van der Waals surface area contributed by atoms with E-state index in [1.165, 1.54) is 0 Å². The molecule has 2 aliphatic rings. The van der Waals surface area contributed by atoms with Crippen molar-refractivity contribution in [1.29, 1.82) is 0 Å². The summed E-state index contributed by atoms with van der Waals surface area (Å²) >= 11 is 0. The highest BCUT2D eigenvalue weighted by molar-refractivity contribution is 5.71. The molecular weight excluding hydrogens is 246 g/mol. The van der Waals surface area contributed by atoms with Gasteiger partial charge in [-0.15, -0.1) is 0 Å². The van der Waals surface area contributed by atoms with Crippen LogP contribution in [0.25, 0.3) is 0 Å². The SMILES string of the molecule is CCOC(=O)CN(Cc1noc(C2CC2)n1)C1CC1. The summed E-state index contributed by atoms with van der Waals surface area (Å²) in [5.74, 6) is 1.72. The van der Waals surface area contributed by atoms with Crippen molar-refractivity contribution in [2.24, 2.45) is 0 Å². The van der Waals surface area contributed by atoms with Crippen LogP contribution in [0.4, 0.5) is 0 Å². The van der Waals surface area contributed by atoms with Crippen LogP contribution in [0.2, 0.25) is 0 Å². The standard InChI is InChI=1S/C13H19N3O3/c1-2-18-12(17)8-16(10-5-6-10)7-11-14-13(19-15-11)9-3-4-9/h9-10H,2-8H2,1H3. The van der Waals surface area contributed by atoms with E-state index in [1.54, 1.807) is 0 Å². The number of rotatable bonds is 7. The summed E-state index contributed by atoms with van der Waals surface area (Å²) in [5.41, 5.74) is 0. The number of hydrogen-bond donors (Lipinski definition) is 0. The lowest BCUT2D eigenvalue weighted by Crippen LogP contribution is -2.32. The Morgan fingerprint density at radius 1 is 1.42 bits per heavy atom. The summed E-state index contributed by atoms with van der Waals surface area (Å²) in [5, 5.41) is 4.00. The van der Waals surface area contributed by atoms with Crippen LogP contribution in [0.1, 0.15) is 50.2 Å². The number of carbonyl (C=O) groups excluding carboxylic acids is 1. The third-order valence-corrected chi connectivity index (χ3v) is 3.46. The Labute approximate surface area is 112 Å². The molecule has 0 unspecified atom stereocenters. The highest BCUT2D eigenvalue weighted by Gasteiger charge is 2.33. The van der Waals surface area contributed by atoms with Gasteiger partial charge >= 0.3 is 5.97 Å². The maximum atomic E-state index is 11.6. The van der Waals surface area contributed by atoms with Gasteiger partial charge in [0.15, 0.2) is 5.82 Å². The molecule has 3 rings (SSSR count). The van der Waals surface area contributed by atoms with Crippen LogP contribution in [0, 0.1) is 0 Å². The van der Waals surface area contributed by atoms with Crippen LogP contribution in [0.15, 0.2) is 4.52 Å². The average Bonchev–Trinajstić information content (AvgIpc) is 3.28. The molecule has 2 fully saturated rings. The first kappa shape index (κ1) is 12.6. The molecule has 0 amide bonds. The van der Waals surface area contributed by atoms with E-state index in [0.717, 1.165) is 31.6 Å². The van der Waals surface area contributed by atoms with Crippen molar-refractivity contribution in [3.8, 4) is 0 Å². The van der Waals surface area contributed by atoms with Crippen molar-refractivity contribution < 1.29 is 14.1 Å². The summed E-state index contributed by atoms with van der Waals surface area (Å²) in [6, 6.07) is 0.465. The highest BCUT2D eigenvalue weighted by Crippen LogP contribution is 2.39. The van der Waals surface area contributed by atoms with Crippen LogP contribution in [0.5, 0.6) is 0 Å². The Hall–Kier alpha value is -1.43. The van der Waals surface area contributed by atoms with Crippen LogP contribution in [-0.4, -0.2) is 40.2 Å². The molecule has 0 atom stereocenters. The largest absolute Gasteiger partial charge is 0.465 e. The maximum Gasteiger partial charge on any atom is 0.320 e. The first-order valence-electron chi connectivity index (χ1n) is 6.98. The van der Waals surface area contributed by atoms with E-state index in [9.17, 15) is 4.79 Å². The van der Waals surface area contributed by atoms with Crippen LogP contribution in [0.3, 0.4) is 0 Å². The van der Waals surface area contributed by atoms with Gasteiger partial charge in [-0.25, -0.2) is 0 Å². The molecule has 6 nitrogen and oxygen atoms in total. The van der Waals surface area contributed by atoms with Gasteiger partial charge < -0.3 is 9.26 Å². The molecular formula is C13H19N3O3. The summed E-state index contributed by atoms with van der Waals surface area (Å²) in [4.78, 5) is 18.1. The number of aromatic nitrogens is 2. The molecule has 0 N–H and O–H groups in total. The Morgan fingerprint density at radius 2 is 2.21 bits per heavy atom. The van der Waals surface area contributed by atoms with Gasteiger partial charge in [0.25, 0.3) is 0 Å². The Morgan fingerprint density at radius 3 is 2.84 bits per heavy atom. The number of ether oxygens (including phenoxy) is 1. The number of carbonyl (C=O) groups is 1. The van der Waals surface area contributed by atoms with Gasteiger partial charge in [0.2, 0.25) is 5.89 Å². The fraction of sp³-hybridized carbons (Fsp3) is 0.769. The van der Waals surface area contributed by atoms with Crippen molar-refractivity contribution >= 4 is 5.97 Å². The number of hydrogen-bond acceptors (Lipinski definition) is 6. The predicted molar refractivity (Wildman–Crippen MR) is 66.3 cm³/mol. The van der Waals surface area contributed by atoms with Crippen molar-refractivity contribution in [2.45, 2.75) is 51.1 Å². The molecule has 0 radical (unpaired) electrons. The smallest absolute Gasteiger partial charge is 0.320 e. The van der Waals surface area contributed by atoms with Crippen molar-refractivity contribution in [1.82, 2.24) is 15.0 Å². The van der Waals surface area contributed by atoms with Gasteiger partial charge in [-0.3, -0.25) is 9.69 Å². The second kappa shape index (κ2) is 5.28. The first-order chi connectivity index (χ1) is 9.26. The Kier molecular flexibility index (Phi) is 3.50. The fourth-order valence-corrected chi connectivity index (χ4v) is 2.14. The molecule has 1 aromatic heterocycles. The highest BCUT2D eigenvalue weighted by atomic mass is 16.5. The number of nitrogens with zero attached hydrogens (tertiary/aromatic N) is 3. The minimum Gasteiger partial charge on any atom is -0.465 e. The van der Waals surface area contributed by atoms with Crippen molar-refractivity contribution in [3.63, 3.8) is 0 Å². The number of esters is 1. The molecule has 104 valence electrons. The lowest BCUT2D eigenvalue weighted by molar-refractivity contribution is -0.144. The predicted octanol–water partition coefficient (Wildman–Crippen LogP) is 1.47. The van der Waals surface area contributed by atoms with E-state index in [0.29, 0.717) is 37.5 Å². The average molecular weight is 265 g/mol. The molecule has 0 aromatic carbocycles. The zero-order valence-corrected chi connectivity index (χ0v) is 11.2. The van der Waals surface area contributed by atoms with Gasteiger partial charge in [-0.05, 0) is 32.6 Å². The molecule has 1 heterocycles. The van der Waals surface area contributed by atoms with E-state index >= 15 is 0 Å². The minimum atomic E-state index is -0.180. The first-order valence-corrected chi connectivity index (χ1v) is 6.98. The van der Waals surface area contributed by atoms with Gasteiger partial charge in [0, 0.05) is 12.0 Å². The third-order valence-electron chi connectivity index (χ3n) is 3.46. The molecule has 19 heavy (non-hydrogen) atoms. The summed E-state index contributed by atoms with van der Waals surface area (Å²) in [7, 11) is 0. The zero-order chi connectivity index (χ0) is 13.2. The summed E-state index contributed by atoms with van der Waals surface area (Å²) < 4.78 is 10.2. The Bertz CT molecular complexity index is 452. The van der Waals surface area contributed by atoms with Gasteiger partial charge in [-0.2, -0.15) is 4.98 Å². The molecule has 6 heteroatoms. The maximum absolute atomic E-state index is 11.6. The van der Waals surface area contributed by atoms with Gasteiger partial charge in [-0.1, -0.05) is 5.16 Å². The van der Waals surface area contributed by atoms with Gasteiger partial charge in [0.05, 0.1) is 19.7 Å². The molecule has 0 bridgehead atoms. The van der Waals surface area contributed by atoms with E-state index in [4.69, 9.17) is 9.26 Å². The second-order valence-corrected chi connectivity index (χ2v) is 5.26. The minimum absolute atomic E-state index is 0.180. The van der Waals surface area contributed by atoms with E-state index in [-0.39, 0.29) is 5.97 Å². The summed E-state index contributed by atoms with van der Waals surface area (Å²) in [6.45, 7) is 3.12. The molecule has 2 aliphatic carbocycles. The van der Waals surface area contributed by atoms with Crippen molar-refractivity contribution in [3.05, 3.63) is 11.7 Å². The molecule has 0 saturated heterocycles. The van der Waals surface area contributed by atoms with E-state index < -0.39 is 0 Å². The Balaban J connectivity index is 1.58. The van der Waals surface area contributed by atoms with E-state index in [2.05, 4.69) is 15.0 Å². The summed E-state index contributed by atoms with van der Waals surface area (Å²) in [6.07, 6.45) is 4.56. The fourth-order valence-electron chi connectivity index (χ4n) is 2.14. The molecule has 1 aromatic rings. The lowest BCUT2D eigenvalue weighted by Gasteiger charge is -2.18.